The SMILES string of the molecule is CC(CCCNc1c(Cl)cc([N+](=O)[O-])cc1Cl)C(=O)O. The van der Waals surface area contributed by atoms with Gasteiger partial charge < -0.3 is 10.4 Å². The van der Waals surface area contributed by atoms with Crippen molar-refractivity contribution < 1.29 is 14.8 Å². The van der Waals surface area contributed by atoms with E-state index in [9.17, 15) is 14.9 Å². The Labute approximate surface area is 125 Å². The highest BCUT2D eigenvalue weighted by Crippen LogP contribution is 2.34. The minimum Gasteiger partial charge on any atom is -0.481 e. The number of carboxylic acids is 1. The average molecular weight is 321 g/mol. The number of aliphatic carboxylic acids is 1. The molecule has 0 amide bonds. The first-order valence-electron chi connectivity index (χ1n) is 5.93. The standard InChI is InChI=1S/C12H14Cl2N2O4/c1-7(12(17)18)3-2-4-15-11-9(13)5-8(16(19)20)6-10(11)14/h5-7,15H,2-4H2,1H3,(H,17,18). The molecule has 0 bridgehead atoms. The number of non-ortho nitro benzene ring substituents is 1. The number of carboxylic acid groups (broad SMARTS) is 1. The van der Waals surface area contributed by atoms with E-state index in [4.69, 9.17) is 28.3 Å². The highest BCUT2D eigenvalue weighted by molar-refractivity contribution is 6.39. The minimum atomic E-state index is -0.837. The van der Waals surface area contributed by atoms with Crippen molar-refractivity contribution in [1.29, 1.82) is 0 Å². The van der Waals surface area contributed by atoms with E-state index in [-0.39, 0.29) is 15.7 Å². The van der Waals surface area contributed by atoms with Gasteiger partial charge in [0.15, 0.2) is 0 Å². The second-order valence-corrected chi connectivity index (χ2v) is 5.16. The van der Waals surface area contributed by atoms with E-state index in [0.717, 1.165) is 0 Å². The molecule has 0 radical (unpaired) electrons. The Morgan fingerprint density at radius 1 is 1.45 bits per heavy atom. The summed E-state index contributed by atoms with van der Waals surface area (Å²) in [4.78, 5) is 20.7. The van der Waals surface area contributed by atoms with Crippen molar-refractivity contribution in [1.82, 2.24) is 0 Å². The molecule has 6 nitrogen and oxygen atoms in total. The van der Waals surface area contributed by atoms with E-state index >= 15 is 0 Å². The van der Waals surface area contributed by atoms with Crippen molar-refractivity contribution in [3.8, 4) is 0 Å². The van der Waals surface area contributed by atoms with Gasteiger partial charge in [-0.1, -0.05) is 30.1 Å². The molecule has 1 rings (SSSR count). The number of carbonyl (C=O) groups is 1. The number of anilines is 1. The number of nitro benzene ring substituents is 1. The van der Waals surface area contributed by atoms with Crippen LogP contribution in [0, 0.1) is 16.0 Å². The van der Waals surface area contributed by atoms with Crippen LogP contribution < -0.4 is 5.32 Å². The number of nitro groups is 1. The van der Waals surface area contributed by atoms with E-state index in [0.29, 0.717) is 25.1 Å². The number of halogens is 2. The third-order valence-corrected chi connectivity index (χ3v) is 3.37. The summed E-state index contributed by atoms with van der Waals surface area (Å²) < 4.78 is 0. The van der Waals surface area contributed by atoms with Crippen molar-refractivity contribution in [2.24, 2.45) is 5.92 Å². The van der Waals surface area contributed by atoms with Crippen LogP contribution in [0.15, 0.2) is 12.1 Å². The van der Waals surface area contributed by atoms with Gasteiger partial charge in [-0.25, -0.2) is 0 Å². The third kappa shape index (κ3) is 4.54. The summed E-state index contributed by atoms with van der Waals surface area (Å²) in [5.74, 6) is -1.25. The van der Waals surface area contributed by atoms with E-state index in [1.54, 1.807) is 6.92 Å². The number of benzene rings is 1. The van der Waals surface area contributed by atoms with Crippen molar-refractivity contribution in [2.45, 2.75) is 19.8 Å². The van der Waals surface area contributed by atoms with Crippen LogP contribution in [-0.2, 0) is 4.79 Å². The second kappa shape index (κ2) is 7.31. The Bertz CT molecular complexity index is 499. The molecule has 8 heteroatoms. The molecule has 20 heavy (non-hydrogen) atoms. The van der Waals surface area contributed by atoms with Crippen LogP contribution in [0.5, 0.6) is 0 Å². The van der Waals surface area contributed by atoms with Crippen LogP contribution in [0.3, 0.4) is 0 Å². The molecule has 0 aliphatic carbocycles. The Balaban J connectivity index is 2.61. The van der Waals surface area contributed by atoms with Gasteiger partial charge >= 0.3 is 5.97 Å². The summed E-state index contributed by atoms with van der Waals surface area (Å²) in [6.07, 6.45) is 1.14. The van der Waals surface area contributed by atoms with Gasteiger partial charge in [0.2, 0.25) is 0 Å². The number of nitrogens with one attached hydrogen (secondary N) is 1. The molecule has 0 aliphatic rings. The van der Waals surface area contributed by atoms with Crippen LogP contribution in [-0.4, -0.2) is 22.5 Å². The van der Waals surface area contributed by atoms with Crippen LogP contribution in [0.2, 0.25) is 10.0 Å². The first kappa shape index (κ1) is 16.5. The molecule has 0 saturated carbocycles. The van der Waals surface area contributed by atoms with Crippen LogP contribution >= 0.6 is 23.2 Å². The van der Waals surface area contributed by atoms with Crippen molar-refractivity contribution in [3.05, 3.63) is 32.3 Å². The summed E-state index contributed by atoms with van der Waals surface area (Å²) in [6, 6.07) is 2.44. The van der Waals surface area contributed by atoms with Gasteiger partial charge in [-0.3, -0.25) is 14.9 Å². The summed E-state index contributed by atoms with van der Waals surface area (Å²) in [5, 5.41) is 22.7. The molecule has 110 valence electrons. The highest BCUT2D eigenvalue weighted by Gasteiger charge is 2.15. The molecule has 1 aromatic carbocycles. The molecule has 1 atom stereocenters. The van der Waals surface area contributed by atoms with Crippen molar-refractivity contribution in [2.75, 3.05) is 11.9 Å². The quantitative estimate of drug-likeness (QED) is 0.452. The molecular weight excluding hydrogens is 307 g/mol. The smallest absolute Gasteiger partial charge is 0.306 e. The third-order valence-electron chi connectivity index (χ3n) is 2.77. The zero-order valence-electron chi connectivity index (χ0n) is 10.7. The Hall–Kier alpha value is -1.53. The molecule has 0 heterocycles. The van der Waals surface area contributed by atoms with Crippen molar-refractivity contribution >= 4 is 40.5 Å². The number of nitrogens with zero attached hydrogens (tertiary/aromatic N) is 1. The van der Waals surface area contributed by atoms with Crippen molar-refractivity contribution in [3.63, 3.8) is 0 Å². The van der Waals surface area contributed by atoms with Crippen LogP contribution in [0.25, 0.3) is 0 Å². The van der Waals surface area contributed by atoms with E-state index in [1.807, 2.05) is 0 Å². The van der Waals surface area contributed by atoms with Crippen LogP contribution in [0.1, 0.15) is 19.8 Å². The number of hydrogen-bond donors (Lipinski definition) is 2. The van der Waals surface area contributed by atoms with E-state index in [2.05, 4.69) is 5.32 Å². The van der Waals surface area contributed by atoms with Gasteiger partial charge in [0.25, 0.3) is 5.69 Å². The molecule has 1 unspecified atom stereocenters. The Morgan fingerprint density at radius 2 is 2.00 bits per heavy atom. The number of rotatable bonds is 7. The normalized spacial score (nSPS) is 11.9. The lowest BCUT2D eigenvalue weighted by atomic mass is 10.1. The van der Waals surface area contributed by atoms with Crippen LogP contribution in [0.4, 0.5) is 11.4 Å². The fourth-order valence-electron chi connectivity index (χ4n) is 1.58. The molecular formula is C12H14Cl2N2O4. The maximum Gasteiger partial charge on any atom is 0.306 e. The van der Waals surface area contributed by atoms with Gasteiger partial charge in [0.05, 0.1) is 26.6 Å². The Morgan fingerprint density at radius 3 is 2.45 bits per heavy atom. The lowest BCUT2D eigenvalue weighted by Gasteiger charge is -2.11. The predicted molar refractivity (Wildman–Crippen MR) is 77.6 cm³/mol. The minimum absolute atomic E-state index is 0.162. The fraction of sp³-hybridized carbons (Fsp3) is 0.417. The topological polar surface area (TPSA) is 92.5 Å². The molecule has 0 saturated heterocycles. The first-order chi connectivity index (χ1) is 9.32. The summed E-state index contributed by atoms with van der Waals surface area (Å²) >= 11 is 11.9. The fourth-order valence-corrected chi connectivity index (χ4v) is 2.19. The van der Waals surface area contributed by atoms with Gasteiger partial charge in [0, 0.05) is 18.7 Å². The van der Waals surface area contributed by atoms with E-state index < -0.39 is 16.8 Å². The van der Waals surface area contributed by atoms with E-state index in [1.165, 1.54) is 12.1 Å². The summed E-state index contributed by atoms with van der Waals surface area (Å²) in [7, 11) is 0. The summed E-state index contributed by atoms with van der Waals surface area (Å²) in [5.41, 5.74) is 0.243. The monoisotopic (exact) mass is 320 g/mol. The lowest BCUT2D eigenvalue weighted by molar-refractivity contribution is -0.384. The largest absolute Gasteiger partial charge is 0.481 e. The molecule has 0 fully saturated rings. The zero-order chi connectivity index (χ0) is 15.3. The van der Waals surface area contributed by atoms with Gasteiger partial charge in [-0.05, 0) is 12.8 Å². The second-order valence-electron chi connectivity index (χ2n) is 4.35. The first-order valence-corrected chi connectivity index (χ1v) is 6.68. The highest BCUT2D eigenvalue weighted by atomic mass is 35.5. The lowest BCUT2D eigenvalue weighted by Crippen LogP contribution is -2.11. The average Bonchev–Trinajstić information content (AvgIpc) is 2.36. The number of hydrogen-bond acceptors (Lipinski definition) is 4. The van der Waals surface area contributed by atoms with Gasteiger partial charge in [-0.2, -0.15) is 0 Å². The molecule has 0 spiro atoms. The Kier molecular flexibility index (Phi) is 6.04. The molecule has 0 aliphatic heterocycles. The summed E-state index contributed by atoms with van der Waals surface area (Å²) in [6.45, 7) is 2.11. The molecule has 0 aromatic heterocycles. The maximum atomic E-state index is 10.6. The molecule has 2 N–H and O–H groups in total. The van der Waals surface area contributed by atoms with Gasteiger partial charge in [0.1, 0.15) is 0 Å². The molecule has 1 aromatic rings. The predicted octanol–water partition coefficient (Wildman–Crippen LogP) is 3.81. The maximum absolute atomic E-state index is 10.6. The van der Waals surface area contributed by atoms with Gasteiger partial charge in [-0.15, -0.1) is 0 Å². The zero-order valence-corrected chi connectivity index (χ0v) is 12.2.